The van der Waals surface area contributed by atoms with Crippen LogP contribution in [0.3, 0.4) is 0 Å². The van der Waals surface area contributed by atoms with Crippen molar-refractivity contribution in [3.63, 3.8) is 0 Å². The molecule has 0 aliphatic carbocycles. The molecule has 0 aromatic heterocycles. The van der Waals surface area contributed by atoms with Crippen LogP contribution >= 0.6 is 12.4 Å². The highest BCUT2D eigenvalue weighted by Crippen LogP contribution is 2.26. The molecule has 0 amide bonds. The summed E-state index contributed by atoms with van der Waals surface area (Å²) >= 11 is 0. The van der Waals surface area contributed by atoms with Gasteiger partial charge in [0, 0.05) is 13.1 Å². The number of hydrogen-bond acceptors (Lipinski definition) is 2. The Hall–Kier alpha value is 0.210. The number of rotatable bonds is 0. The van der Waals surface area contributed by atoms with E-state index in [1.807, 2.05) is 0 Å². The van der Waals surface area contributed by atoms with Crippen LogP contribution in [0.1, 0.15) is 12.8 Å². The van der Waals surface area contributed by atoms with Gasteiger partial charge < -0.3 is 10.0 Å². The van der Waals surface area contributed by atoms with E-state index in [9.17, 15) is 5.11 Å². The maximum Gasteiger partial charge on any atom is 0.0670 e. The Morgan fingerprint density at radius 1 is 1.30 bits per heavy atom. The number of aliphatic hydroxyl groups excluding tert-OH is 1. The smallest absolute Gasteiger partial charge is 0.0670 e. The lowest BCUT2D eigenvalue weighted by atomic mass is 9.99. The molecule has 2 saturated heterocycles. The van der Waals surface area contributed by atoms with Crippen molar-refractivity contribution >= 4 is 12.4 Å². The fraction of sp³-hybridized carbons (Fsp3) is 1.00. The molecule has 10 heavy (non-hydrogen) atoms. The average molecular weight is 164 g/mol. The van der Waals surface area contributed by atoms with Crippen LogP contribution in [-0.4, -0.2) is 35.7 Å². The van der Waals surface area contributed by atoms with Gasteiger partial charge in [-0.15, -0.1) is 12.4 Å². The number of hydrogen-bond donors (Lipinski definition) is 1. The van der Waals surface area contributed by atoms with Crippen molar-refractivity contribution in [3.05, 3.63) is 0 Å². The fourth-order valence-electron chi connectivity index (χ4n) is 2.03. The highest BCUT2D eigenvalue weighted by atomic mass is 35.5. The third-order valence-corrected chi connectivity index (χ3v) is 2.44. The summed E-state index contributed by atoms with van der Waals surface area (Å²) < 4.78 is 0. The van der Waals surface area contributed by atoms with Crippen molar-refractivity contribution < 1.29 is 5.11 Å². The molecular formula is C7H14ClNO. The Labute approximate surface area is 67.6 Å². The van der Waals surface area contributed by atoms with Gasteiger partial charge in [0.25, 0.3) is 0 Å². The van der Waals surface area contributed by atoms with E-state index >= 15 is 0 Å². The number of aliphatic hydroxyl groups is 1. The zero-order chi connectivity index (χ0) is 6.27. The predicted octanol–water partition coefficient (Wildman–Crippen LogP) is 0.495. The second-order valence-electron chi connectivity index (χ2n) is 3.30. The minimum absolute atomic E-state index is 0. The first-order chi connectivity index (χ1) is 4.34. The van der Waals surface area contributed by atoms with Gasteiger partial charge in [-0.3, -0.25) is 0 Å². The molecule has 2 aliphatic rings. The molecule has 3 unspecified atom stereocenters. The lowest BCUT2D eigenvalue weighted by Gasteiger charge is -2.25. The third-order valence-electron chi connectivity index (χ3n) is 2.44. The van der Waals surface area contributed by atoms with Crippen molar-refractivity contribution in [3.8, 4) is 0 Å². The van der Waals surface area contributed by atoms with Crippen LogP contribution in [0.15, 0.2) is 0 Å². The minimum atomic E-state index is -0.0220. The largest absolute Gasteiger partial charge is 0.392 e. The van der Waals surface area contributed by atoms with Crippen LogP contribution in [0.4, 0.5) is 0 Å². The van der Waals surface area contributed by atoms with Gasteiger partial charge in [0.1, 0.15) is 0 Å². The number of piperidine rings is 1. The van der Waals surface area contributed by atoms with E-state index in [0.29, 0.717) is 0 Å². The van der Waals surface area contributed by atoms with E-state index in [1.165, 1.54) is 19.5 Å². The molecule has 2 bridgehead atoms. The van der Waals surface area contributed by atoms with Crippen molar-refractivity contribution in [1.82, 2.24) is 4.90 Å². The second kappa shape index (κ2) is 3.07. The Bertz CT molecular complexity index is 108. The molecule has 2 rings (SSSR count). The van der Waals surface area contributed by atoms with Crippen LogP contribution in [0.25, 0.3) is 0 Å². The molecule has 60 valence electrons. The Balaban J connectivity index is 0.000000500. The van der Waals surface area contributed by atoms with Gasteiger partial charge in [-0.2, -0.15) is 0 Å². The zero-order valence-electron chi connectivity index (χ0n) is 5.99. The van der Waals surface area contributed by atoms with Gasteiger partial charge in [-0.05, 0) is 25.3 Å². The first-order valence-corrected chi connectivity index (χ1v) is 3.75. The van der Waals surface area contributed by atoms with E-state index < -0.39 is 0 Å². The fourth-order valence-corrected chi connectivity index (χ4v) is 2.03. The zero-order valence-corrected chi connectivity index (χ0v) is 6.81. The van der Waals surface area contributed by atoms with Crippen molar-refractivity contribution in [1.29, 1.82) is 0 Å². The van der Waals surface area contributed by atoms with Gasteiger partial charge in [0.2, 0.25) is 0 Å². The summed E-state index contributed by atoms with van der Waals surface area (Å²) in [4.78, 5) is 2.36. The van der Waals surface area contributed by atoms with Crippen molar-refractivity contribution in [2.45, 2.75) is 18.9 Å². The number of fused-ring (bicyclic) bond motifs is 2. The first-order valence-electron chi connectivity index (χ1n) is 3.75. The lowest BCUT2D eigenvalue weighted by molar-refractivity contribution is 0.0785. The molecule has 2 heterocycles. The molecule has 2 fully saturated rings. The van der Waals surface area contributed by atoms with Crippen LogP contribution < -0.4 is 0 Å². The molecule has 3 heteroatoms. The molecule has 2 nitrogen and oxygen atoms in total. The standard InChI is InChI=1S/C7H13NO.ClH/c9-7-3-6-1-2-8(4-6)5-7;/h6-7,9H,1-5H2;1H. The quantitative estimate of drug-likeness (QED) is 0.562. The molecule has 0 spiro atoms. The van der Waals surface area contributed by atoms with Crippen molar-refractivity contribution in [2.24, 2.45) is 5.92 Å². The highest BCUT2D eigenvalue weighted by molar-refractivity contribution is 5.85. The SMILES string of the molecule is Cl.OC1CC2CCN(C1)C2. The van der Waals surface area contributed by atoms with Gasteiger partial charge in [-0.1, -0.05) is 0 Å². The van der Waals surface area contributed by atoms with Crippen LogP contribution in [-0.2, 0) is 0 Å². The molecule has 1 N–H and O–H groups in total. The van der Waals surface area contributed by atoms with Crippen LogP contribution in [0.2, 0.25) is 0 Å². The summed E-state index contributed by atoms with van der Waals surface area (Å²) in [5.74, 6) is 0.814. The van der Waals surface area contributed by atoms with E-state index in [1.54, 1.807) is 0 Å². The first kappa shape index (κ1) is 8.31. The third kappa shape index (κ3) is 1.44. The molecule has 0 radical (unpaired) electrons. The van der Waals surface area contributed by atoms with Crippen molar-refractivity contribution in [2.75, 3.05) is 19.6 Å². The van der Waals surface area contributed by atoms with Crippen LogP contribution in [0, 0.1) is 5.92 Å². The molecule has 0 aromatic rings. The molecule has 0 aromatic carbocycles. The molecule has 0 saturated carbocycles. The Kier molecular flexibility index (Phi) is 2.55. The summed E-state index contributed by atoms with van der Waals surface area (Å²) in [6, 6.07) is 0. The number of halogens is 1. The monoisotopic (exact) mass is 163 g/mol. The second-order valence-corrected chi connectivity index (χ2v) is 3.30. The lowest BCUT2D eigenvalue weighted by Crippen LogP contribution is -2.36. The average Bonchev–Trinajstić information content (AvgIpc) is 2.11. The summed E-state index contributed by atoms with van der Waals surface area (Å²) in [6.45, 7) is 3.40. The summed E-state index contributed by atoms with van der Waals surface area (Å²) in [5, 5.41) is 9.25. The van der Waals surface area contributed by atoms with Gasteiger partial charge in [0.05, 0.1) is 6.10 Å². The van der Waals surface area contributed by atoms with Gasteiger partial charge in [-0.25, -0.2) is 0 Å². The normalized spacial score (nSPS) is 44.7. The van der Waals surface area contributed by atoms with E-state index in [4.69, 9.17) is 0 Å². The summed E-state index contributed by atoms with van der Waals surface area (Å²) in [5.41, 5.74) is 0. The van der Waals surface area contributed by atoms with Gasteiger partial charge in [0.15, 0.2) is 0 Å². The maximum atomic E-state index is 9.25. The summed E-state index contributed by atoms with van der Waals surface area (Å²) in [6.07, 6.45) is 2.35. The Morgan fingerprint density at radius 3 is 2.80 bits per heavy atom. The summed E-state index contributed by atoms with van der Waals surface area (Å²) in [7, 11) is 0. The van der Waals surface area contributed by atoms with E-state index in [-0.39, 0.29) is 18.5 Å². The van der Waals surface area contributed by atoms with Gasteiger partial charge >= 0.3 is 0 Å². The maximum absolute atomic E-state index is 9.25. The minimum Gasteiger partial charge on any atom is -0.392 e. The molecule has 3 atom stereocenters. The molecular weight excluding hydrogens is 150 g/mol. The highest BCUT2D eigenvalue weighted by Gasteiger charge is 2.30. The number of nitrogens with zero attached hydrogens (tertiary/aromatic N) is 1. The molecule has 2 aliphatic heterocycles. The van der Waals surface area contributed by atoms with E-state index in [2.05, 4.69) is 4.90 Å². The van der Waals surface area contributed by atoms with Crippen LogP contribution in [0.5, 0.6) is 0 Å². The topological polar surface area (TPSA) is 23.5 Å². The Morgan fingerprint density at radius 2 is 2.10 bits per heavy atom. The van der Waals surface area contributed by atoms with E-state index in [0.717, 1.165) is 18.9 Å². The predicted molar refractivity (Wildman–Crippen MR) is 42.4 cm³/mol.